The number of carboxylic acid groups (broad SMARTS) is 1. The second-order valence-electron chi connectivity index (χ2n) is 6.48. The van der Waals surface area contributed by atoms with Crippen molar-refractivity contribution in [2.24, 2.45) is 5.92 Å². The number of anilines is 2. The maximum Gasteiger partial charge on any atom is 0.310 e. The van der Waals surface area contributed by atoms with E-state index in [9.17, 15) is 14.4 Å². The van der Waals surface area contributed by atoms with Crippen LogP contribution in [0.1, 0.15) is 41.6 Å². The lowest BCUT2D eigenvalue weighted by Gasteiger charge is -2.10. The van der Waals surface area contributed by atoms with Gasteiger partial charge in [0.1, 0.15) is 0 Å². The molecule has 2 amide bonds. The van der Waals surface area contributed by atoms with E-state index in [1.54, 1.807) is 55.5 Å². The number of carbonyl (C=O) groups excluding carboxylic acids is 2. The van der Waals surface area contributed by atoms with Crippen molar-refractivity contribution in [1.29, 1.82) is 0 Å². The van der Waals surface area contributed by atoms with E-state index in [1.807, 2.05) is 0 Å². The first-order valence-electron chi connectivity index (χ1n) is 8.49. The zero-order chi connectivity index (χ0) is 18.7. The molecule has 6 nitrogen and oxygen atoms in total. The van der Waals surface area contributed by atoms with Gasteiger partial charge in [-0.15, -0.1) is 0 Å². The maximum absolute atomic E-state index is 12.4. The monoisotopic (exact) mass is 352 g/mol. The van der Waals surface area contributed by atoms with Gasteiger partial charge in [-0.2, -0.15) is 0 Å². The Labute approximate surface area is 151 Å². The van der Waals surface area contributed by atoms with Gasteiger partial charge in [-0.05, 0) is 61.7 Å². The second-order valence-corrected chi connectivity index (χ2v) is 6.48. The maximum atomic E-state index is 12.4. The number of carbonyl (C=O) groups is 3. The Balaban J connectivity index is 1.65. The molecular weight excluding hydrogens is 332 g/mol. The number of carboxylic acids is 1. The topological polar surface area (TPSA) is 95.5 Å². The van der Waals surface area contributed by atoms with E-state index >= 15 is 0 Å². The summed E-state index contributed by atoms with van der Waals surface area (Å²) in [4.78, 5) is 35.2. The Morgan fingerprint density at radius 1 is 1.00 bits per heavy atom. The second kappa shape index (κ2) is 7.39. The van der Waals surface area contributed by atoms with E-state index in [-0.39, 0.29) is 17.7 Å². The highest BCUT2D eigenvalue weighted by Crippen LogP contribution is 2.30. The first-order chi connectivity index (χ1) is 12.4. The van der Waals surface area contributed by atoms with Crippen LogP contribution < -0.4 is 10.6 Å². The fourth-order valence-corrected chi connectivity index (χ4v) is 2.53. The third-order valence-electron chi connectivity index (χ3n) is 4.38. The normalized spacial score (nSPS) is 14.3. The van der Waals surface area contributed by atoms with Gasteiger partial charge in [0.25, 0.3) is 5.91 Å². The minimum atomic E-state index is -0.919. The smallest absolute Gasteiger partial charge is 0.310 e. The number of rotatable bonds is 6. The van der Waals surface area contributed by atoms with Crippen molar-refractivity contribution in [2.45, 2.75) is 25.7 Å². The number of benzene rings is 2. The number of amides is 2. The van der Waals surface area contributed by atoms with Gasteiger partial charge in [-0.3, -0.25) is 14.4 Å². The van der Waals surface area contributed by atoms with Gasteiger partial charge < -0.3 is 15.7 Å². The van der Waals surface area contributed by atoms with Crippen molar-refractivity contribution >= 4 is 29.2 Å². The highest BCUT2D eigenvalue weighted by atomic mass is 16.4. The average molecular weight is 352 g/mol. The molecule has 6 heteroatoms. The number of hydrogen-bond acceptors (Lipinski definition) is 3. The lowest BCUT2D eigenvalue weighted by molar-refractivity contribution is -0.138. The van der Waals surface area contributed by atoms with Gasteiger partial charge in [0.15, 0.2) is 0 Å². The molecule has 26 heavy (non-hydrogen) atoms. The lowest BCUT2D eigenvalue weighted by atomic mass is 10.0. The summed E-state index contributed by atoms with van der Waals surface area (Å²) < 4.78 is 0. The highest BCUT2D eigenvalue weighted by Gasteiger charge is 2.29. The molecule has 1 atom stereocenters. The molecule has 2 aromatic rings. The highest BCUT2D eigenvalue weighted by molar-refractivity contribution is 6.04. The van der Waals surface area contributed by atoms with Crippen LogP contribution in [-0.2, 0) is 9.59 Å². The third kappa shape index (κ3) is 4.27. The molecule has 1 aliphatic rings. The van der Waals surface area contributed by atoms with E-state index < -0.39 is 11.9 Å². The zero-order valence-corrected chi connectivity index (χ0v) is 14.4. The van der Waals surface area contributed by atoms with Gasteiger partial charge in [-0.1, -0.05) is 12.1 Å². The third-order valence-corrected chi connectivity index (χ3v) is 4.38. The Morgan fingerprint density at radius 2 is 1.69 bits per heavy atom. The molecule has 0 saturated heterocycles. The summed E-state index contributed by atoms with van der Waals surface area (Å²) in [6.07, 6.45) is 1.87. The van der Waals surface area contributed by atoms with Crippen molar-refractivity contribution in [1.82, 2.24) is 0 Å². The van der Waals surface area contributed by atoms with Crippen LogP contribution in [0, 0.1) is 5.92 Å². The van der Waals surface area contributed by atoms with Crippen molar-refractivity contribution in [3.63, 3.8) is 0 Å². The number of hydrogen-bond donors (Lipinski definition) is 3. The van der Waals surface area contributed by atoms with E-state index in [0.717, 1.165) is 12.8 Å². The van der Waals surface area contributed by atoms with E-state index in [0.29, 0.717) is 22.5 Å². The fourth-order valence-electron chi connectivity index (χ4n) is 2.53. The SMILES string of the molecule is CC(C(=O)O)c1cccc(NC(=O)c2ccc(NC(=O)C3CC3)cc2)c1. The van der Waals surface area contributed by atoms with Crippen molar-refractivity contribution in [3.8, 4) is 0 Å². The molecular formula is C20H20N2O4. The van der Waals surface area contributed by atoms with Gasteiger partial charge in [0, 0.05) is 22.9 Å². The molecule has 3 rings (SSSR count). The summed E-state index contributed by atoms with van der Waals surface area (Å²) >= 11 is 0. The molecule has 1 unspecified atom stereocenters. The summed E-state index contributed by atoms with van der Waals surface area (Å²) in [6.45, 7) is 1.60. The Morgan fingerprint density at radius 3 is 2.31 bits per heavy atom. The molecule has 3 N–H and O–H groups in total. The first kappa shape index (κ1) is 17.7. The summed E-state index contributed by atoms with van der Waals surface area (Å²) in [6, 6.07) is 13.5. The lowest BCUT2D eigenvalue weighted by Crippen LogP contribution is -2.15. The molecule has 134 valence electrons. The minimum absolute atomic E-state index is 0.0200. The van der Waals surface area contributed by atoms with E-state index in [4.69, 9.17) is 5.11 Å². The largest absolute Gasteiger partial charge is 0.481 e. The summed E-state index contributed by atoms with van der Waals surface area (Å²) in [5, 5.41) is 14.7. The standard InChI is InChI=1S/C20H20N2O4/c1-12(20(25)26)15-3-2-4-17(11-15)22-19(24)14-7-9-16(10-8-14)21-18(23)13-5-6-13/h2-4,7-13H,5-6H2,1H3,(H,21,23)(H,22,24)(H,25,26). The van der Waals surface area contributed by atoms with Gasteiger partial charge >= 0.3 is 5.97 Å². The predicted molar refractivity (Wildman–Crippen MR) is 98.2 cm³/mol. The molecule has 0 radical (unpaired) electrons. The van der Waals surface area contributed by atoms with E-state index in [1.165, 1.54) is 0 Å². The Hall–Kier alpha value is -3.15. The van der Waals surface area contributed by atoms with Crippen LogP contribution in [-0.4, -0.2) is 22.9 Å². The van der Waals surface area contributed by atoms with Crippen LogP contribution in [0.3, 0.4) is 0 Å². The van der Waals surface area contributed by atoms with Gasteiger partial charge in [-0.25, -0.2) is 0 Å². The summed E-state index contributed by atoms with van der Waals surface area (Å²) in [5.74, 6) is -1.73. The molecule has 2 aromatic carbocycles. The predicted octanol–water partition coefficient (Wildman–Crippen LogP) is 3.48. The van der Waals surface area contributed by atoms with Crippen LogP contribution in [0.15, 0.2) is 48.5 Å². The van der Waals surface area contributed by atoms with Gasteiger partial charge in [0.2, 0.25) is 5.91 Å². The molecule has 0 heterocycles. The molecule has 0 bridgehead atoms. The van der Waals surface area contributed by atoms with E-state index in [2.05, 4.69) is 10.6 Å². The Kier molecular flexibility index (Phi) is 5.02. The van der Waals surface area contributed by atoms with Crippen LogP contribution >= 0.6 is 0 Å². The van der Waals surface area contributed by atoms with Crippen LogP contribution in [0.25, 0.3) is 0 Å². The first-order valence-corrected chi connectivity index (χ1v) is 8.49. The molecule has 1 saturated carbocycles. The zero-order valence-electron chi connectivity index (χ0n) is 14.4. The molecule has 0 spiro atoms. The summed E-state index contributed by atoms with van der Waals surface area (Å²) in [5.41, 5.74) is 2.27. The van der Waals surface area contributed by atoms with Crippen molar-refractivity contribution in [2.75, 3.05) is 10.6 Å². The number of aliphatic carboxylic acids is 1. The fraction of sp³-hybridized carbons (Fsp3) is 0.250. The van der Waals surface area contributed by atoms with Crippen molar-refractivity contribution < 1.29 is 19.5 Å². The minimum Gasteiger partial charge on any atom is -0.481 e. The quantitative estimate of drug-likeness (QED) is 0.742. The summed E-state index contributed by atoms with van der Waals surface area (Å²) in [7, 11) is 0. The molecule has 1 aliphatic carbocycles. The Bertz CT molecular complexity index is 841. The van der Waals surface area contributed by atoms with Crippen LogP contribution in [0.2, 0.25) is 0 Å². The van der Waals surface area contributed by atoms with Crippen molar-refractivity contribution in [3.05, 3.63) is 59.7 Å². The van der Waals surface area contributed by atoms with Crippen LogP contribution in [0.5, 0.6) is 0 Å². The average Bonchev–Trinajstić information content (AvgIpc) is 3.47. The molecule has 1 fully saturated rings. The van der Waals surface area contributed by atoms with Gasteiger partial charge in [0.05, 0.1) is 5.92 Å². The number of nitrogens with one attached hydrogen (secondary N) is 2. The molecule has 0 aliphatic heterocycles. The van der Waals surface area contributed by atoms with Crippen LogP contribution in [0.4, 0.5) is 11.4 Å². The molecule has 0 aromatic heterocycles.